The second kappa shape index (κ2) is 12.3. The third kappa shape index (κ3) is 7.16. The largest absolute Gasteiger partial charge is 0.478 e. The Morgan fingerprint density at radius 2 is 1.64 bits per heavy atom. The van der Waals surface area contributed by atoms with Crippen LogP contribution in [0.25, 0.3) is 0 Å². The summed E-state index contributed by atoms with van der Waals surface area (Å²) in [5, 5.41) is 12.3. The van der Waals surface area contributed by atoms with Crippen molar-refractivity contribution in [2.75, 3.05) is 26.2 Å². The van der Waals surface area contributed by atoms with E-state index in [1.807, 2.05) is 67.6 Å². The summed E-state index contributed by atoms with van der Waals surface area (Å²) < 4.78 is 5.83. The molecule has 0 radical (unpaired) electrons. The lowest BCUT2D eigenvalue weighted by Crippen LogP contribution is -2.46. The maximum absolute atomic E-state index is 12.9. The minimum atomic E-state index is -0.907. The highest BCUT2D eigenvalue weighted by Gasteiger charge is 2.24. The molecule has 7 heteroatoms. The van der Waals surface area contributed by atoms with Crippen LogP contribution in [0.5, 0.6) is 11.5 Å². The van der Waals surface area contributed by atoms with Gasteiger partial charge in [0.2, 0.25) is 5.91 Å². The molecule has 1 aliphatic rings. The Labute approximate surface area is 212 Å². The van der Waals surface area contributed by atoms with Crippen molar-refractivity contribution < 1.29 is 19.4 Å². The number of para-hydroxylation sites is 1. The van der Waals surface area contributed by atoms with Crippen molar-refractivity contribution in [3.05, 3.63) is 95.6 Å². The number of rotatable bonds is 9. The van der Waals surface area contributed by atoms with Crippen molar-refractivity contribution in [3.8, 4) is 11.5 Å². The van der Waals surface area contributed by atoms with Gasteiger partial charge in [-0.3, -0.25) is 14.6 Å². The quantitative estimate of drug-likeness (QED) is 0.466. The fourth-order valence-electron chi connectivity index (χ4n) is 4.40. The molecule has 1 aliphatic heterocycles. The van der Waals surface area contributed by atoms with Gasteiger partial charge in [-0.1, -0.05) is 42.5 Å². The summed E-state index contributed by atoms with van der Waals surface area (Å²) in [5.74, 6) is 0.656. The lowest BCUT2D eigenvalue weighted by Gasteiger charge is -2.27. The number of carbonyl (C=O) groups is 2. The number of nitrogens with zero attached hydrogens (tertiary/aromatic N) is 2. The number of hydrogen-bond donors (Lipinski definition) is 2. The Hall–Kier alpha value is -3.68. The number of carbonyl (C=O) groups excluding carboxylic acids is 1. The molecule has 1 unspecified atom stereocenters. The first kappa shape index (κ1) is 25.4. The third-order valence-corrected chi connectivity index (χ3v) is 6.50. The van der Waals surface area contributed by atoms with Gasteiger partial charge in [0.25, 0.3) is 0 Å². The van der Waals surface area contributed by atoms with Crippen LogP contribution in [-0.2, 0) is 17.9 Å². The van der Waals surface area contributed by atoms with E-state index in [0.29, 0.717) is 18.7 Å². The van der Waals surface area contributed by atoms with E-state index in [1.165, 1.54) is 0 Å². The molecule has 1 amide bonds. The van der Waals surface area contributed by atoms with Gasteiger partial charge >= 0.3 is 5.97 Å². The Kier molecular flexibility index (Phi) is 8.71. The predicted molar refractivity (Wildman–Crippen MR) is 139 cm³/mol. The highest BCUT2D eigenvalue weighted by atomic mass is 16.5. The van der Waals surface area contributed by atoms with Gasteiger partial charge in [0.05, 0.1) is 11.6 Å². The molecular formula is C29H33N3O4. The van der Waals surface area contributed by atoms with E-state index in [4.69, 9.17) is 4.74 Å². The first-order valence-corrected chi connectivity index (χ1v) is 12.4. The van der Waals surface area contributed by atoms with E-state index < -0.39 is 5.97 Å². The van der Waals surface area contributed by atoms with Gasteiger partial charge in [-0.15, -0.1) is 0 Å². The van der Waals surface area contributed by atoms with Gasteiger partial charge in [-0.05, 0) is 67.4 Å². The van der Waals surface area contributed by atoms with E-state index in [1.54, 1.807) is 18.2 Å². The molecule has 0 bridgehead atoms. The van der Waals surface area contributed by atoms with Crippen LogP contribution in [0.15, 0.2) is 78.9 Å². The lowest BCUT2D eigenvalue weighted by molar-refractivity contribution is -0.126. The molecule has 3 aromatic carbocycles. The number of aromatic carboxylic acids is 1. The first-order valence-electron chi connectivity index (χ1n) is 12.4. The minimum absolute atomic E-state index is 0.0159. The summed E-state index contributed by atoms with van der Waals surface area (Å²) in [6, 6.07) is 24.3. The minimum Gasteiger partial charge on any atom is -0.478 e. The van der Waals surface area contributed by atoms with Crippen LogP contribution in [0, 0.1) is 0 Å². The Balaban J connectivity index is 1.24. The van der Waals surface area contributed by atoms with E-state index in [2.05, 4.69) is 15.1 Å². The van der Waals surface area contributed by atoms with Gasteiger partial charge < -0.3 is 15.2 Å². The van der Waals surface area contributed by atoms with E-state index >= 15 is 0 Å². The zero-order valence-electron chi connectivity index (χ0n) is 20.6. The number of carboxylic acids is 1. The summed E-state index contributed by atoms with van der Waals surface area (Å²) in [5.41, 5.74) is 2.32. The number of amides is 1. The van der Waals surface area contributed by atoms with Crippen molar-refractivity contribution in [2.24, 2.45) is 0 Å². The average Bonchev–Trinajstić information content (AvgIpc) is 3.14. The molecule has 4 rings (SSSR count). The van der Waals surface area contributed by atoms with Crippen molar-refractivity contribution in [2.45, 2.75) is 32.5 Å². The van der Waals surface area contributed by atoms with Gasteiger partial charge in [0.1, 0.15) is 11.5 Å². The highest BCUT2D eigenvalue weighted by molar-refractivity contribution is 5.87. The molecule has 0 saturated carbocycles. The van der Waals surface area contributed by atoms with E-state index in [-0.39, 0.29) is 11.9 Å². The average molecular weight is 488 g/mol. The summed E-state index contributed by atoms with van der Waals surface area (Å²) in [4.78, 5) is 28.7. The SMILES string of the molecule is CC(C(=O)NCc1ccc(Oc2ccccc2)cc1)N1CCCN(Cc2cccc(C(=O)O)c2)CC1. The van der Waals surface area contributed by atoms with Crippen LogP contribution in [0.4, 0.5) is 0 Å². The second-order valence-corrected chi connectivity index (χ2v) is 9.12. The molecule has 0 aromatic heterocycles. The molecule has 1 saturated heterocycles. The molecule has 1 heterocycles. The van der Waals surface area contributed by atoms with Crippen LogP contribution in [0.1, 0.15) is 34.8 Å². The lowest BCUT2D eigenvalue weighted by atomic mass is 10.1. The summed E-state index contributed by atoms with van der Waals surface area (Å²) in [7, 11) is 0. The van der Waals surface area contributed by atoms with Gasteiger partial charge in [-0.2, -0.15) is 0 Å². The topological polar surface area (TPSA) is 82.1 Å². The predicted octanol–water partition coefficient (Wildman–Crippen LogP) is 4.39. The Morgan fingerprint density at radius 3 is 2.39 bits per heavy atom. The normalized spacial score (nSPS) is 15.6. The molecule has 7 nitrogen and oxygen atoms in total. The van der Waals surface area contributed by atoms with Crippen molar-refractivity contribution in [1.29, 1.82) is 0 Å². The maximum Gasteiger partial charge on any atom is 0.335 e. The molecule has 0 spiro atoms. The van der Waals surface area contributed by atoms with Crippen molar-refractivity contribution in [3.63, 3.8) is 0 Å². The molecule has 36 heavy (non-hydrogen) atoms. The molecule has 1 atom stereocenters. The monoisotopic (exact) mass is 487 g/mol. The first-order chi connectivity index (χ1) is 17.5. The number of nitrogens with one attached hydrogen (secondary N) is 1. The number of benzene rings is 3. The molecule has 0 aliphatic carbocycles. The standard InChI is InChI=1S/C29H33N3O4/c1-22(28(33)30-20-23-11-13-27(14-12-23)36-26-9-3-2-4-10-26)32-16-6-15-31(17-18-32)21-24-7-5-8-25(19-24)29(34)35/h2-5,7-14,19,22H,6,15-18,20-21H2,1H3,(H,30,33)(H,34,35). The molecule has 3 aromatic rings. The maximum atomic E-state index is 12.9. The van der Waals surface area contributed by atoms with Crippen LogP contribution in [0.2, 0.25) is 0 Å². The molecule has 188 valence electrons. The van der Waals surface area contributed by atoms with Gasteiger partial charge in [0.15, 0.2) is 0 Å². The smallest absolute Gasteiger partial charge is 0.335 e. The molecular weight excluding hydrogens is 454 g/mol. The third-order valence-electron chi connectivity index (χ3n) is 6.50. The van der Waals surface area contributed by atoms with E-state index in [9.17, 15) is 14.7 Å². The highest BCUT2D eigenvalue weighted by Crippen LogP contribution is 2.21. The Bertz CT molecular complexity index is 1150. The van der Waals surface area contributed by atoms with Gasteiger partial charge in [-0.25, -0.2) is 4.79 Å². The molecule has 2 N–H and O–H groups in total. The number of carboxylic acid groups (broad SMARTS) is 1. The molecule has 1 fully saturated rings. The zero-order valence-corrected chi connectivity index (χ0v) is 20.6. The van der Waals surface area contributed by atoms with Crippen LogP contribution in [-0.4, -0.2) is 59.0 Å². The summed E-state index contributed by atoms with van der Waals surface area (Å²) in [6.45, 7) is 6.52. The van der Waals surface area contributed by atoms with E-state index in [0.717, 1.165) is 55.2 Å². The zero-order chi connectivity index (χ0) is 25.3. The van der Waals surface area contributed by atoms with Crippen LogP contribution in [0.3, 0.4) is 0 Å². The van der Waals surface area contributed by atoms with Crippen molar-refractivity contribution >= 4 is 11.9 Å². The Morgan fingerprint density at radius 1 is 0.889 bits per heavy atom. The number of ether oxygens (including phenoxy) is 1. The van der Waals surface area contributed by atoms with Gasteiger partial charge in [0, 0.05) is 32.7 Å². The fraction of sp³-hybridized carbons (Fsp3) is 0.310. The summed E-state index contributed by atoms with van der Waals surface area (Å²) in [6.07, 6.45) is 0.957. The summed E-state index contributed by atoms with van der Waals surface area (Å²) >= 11 is 0. The second-order valence-electron chi connectivity index (χ2n) is 9.12. The number of hydrogen-bond acceptors (Lipinski definition) is 5. The van der Waals surface area contributed by atoms with Crippen LogP contribution < -0.4 is 10.1 Å². The van der Waals surface area contributed by atoms with Crippen molar-refractivity contribution in [1.82, 2.24) is 15.1 Å². The fourth-order valence-corrected chi connectivity index (χ4v) is 4.40. The van der Waals surface area contributed by atoms with Crippen LogP contribution >= 0.6 is 0 Å².